The molecule has 1 atom stereocenters. The highest BCUT2D eigenvalue weighted by atomic mass is 16.5. The minimum Gasteiger partial charge on any atom is -0.495 e. The van der Waals surface area contributed by atoms with E-state index in [4.69, 9.17) is 9.72 Å². The van der Waals surface area contributed by atoms with E-state index in [0.717, 1.165) is 24.5 Å². The maximum absolute atomic E-state index is 12.0. The van der Waals surface area contributed by atoms with Gasteiger partial charge in [0.05, 0.1) is 19.0 Å². The van der Waals surface area contributed by atoms with Crippen molar-refractivity contribution in [2.75, 3.05) is 42.9 Å². The number of hydrazone groups is 1. The van der Waals surface area contributed by atoms with Crippen molar-refractivity contribution in [3.63, 3.8) is 0 Å². The van der Waals surface area contributed by atoms with Crippen molar-refractivity contribution in [2.24, 2.45) is 5.10 Å². The van der Waals surface area contributed by atoms with Gasteiger partial charge in [-0.1, -0.05) is 26.2 Å². The van der Waals surface area contributed by atoms with Gasteiger partial charge < -0.3 is 30.6 Å². The zero-order valence-electron chi connectivity index (χ0n) is 21.0. The zero-order chi connectivity index (χ0) is 24.8. The van der Waals surface area contributed by atoms with Crippen LogP contribution in [0.2, 0.25) is 0 Å². The summed E-state index contributed by atoms with van der Waals surface area (Å²) in [6.45, 7) is 3.08. The maximum Gasteiger partial charge on any atom is 0.251 e. The van der Waals surface area contributed by atoms with Gasteiger partial charge in [-0.25, -0.2) is 4.98 Å². The van der Waals surface area contributed by atoms with Gasteiger partial charge in [0.25, 0.3) is 5.91 Å². The molecule has 1 aliphatic heterocycles. The molecular weight excluding hydrogens is 444 g/mol. The highest BCUT2D eigenvalue weighted by Crippen LogP contribution is 2.39. The number of nitrogens with zero attached hydrogens (tertiary/aromatic N) is 5. The van der Waals surface area contributed by atoms with Crippen molar-refractivity contribution < 1.29 is 9.53 Å². The number of fused-ring (bicyclic) bond motifs is 1. The Bertz CT molecular complexity index is 1050. The Balaban J connectivity index is 1.71. The summed E-state index contributed by atoms with van der Waals surface area (Å²) >= 11 is 0. The normalized spacial score (nSPS) is 18.3. The monoisotopic (exact) mass is 480 g/mol. The molecule has 1 fully saturated rings. The molecule has 1 aliphatic carbocycles. The van der Waals surface area contributed by atoms with E-state index in [0.29, 0.717) is 35.0 Å². The summed E-state index contributed by atoms with van der Waals surface area (Å²) in [5.74, 6) is 1.79. The Morgan fingerprint density at radius 3 is 2.74 bits per heavy atom. The van der Waals surface area contributed by atoms with Crippen LogP contribution in [0.5, 0.6) is 5.75 Å². The van der Waals surface area contributed by atoms with Crippen LogP contribution in [0.15, 0.2) is 29.5 Å². The summed E-state index contributed by atoms with van der Waals surface area (Å²) in [6.07, 6.45) is 10.9. The van der Waals surface area contributed by atoms with Crippen molar-refractivity contribution >= 4 is 35.4 Å². The Morgan fingerprint density at radius 1 is 1.26 bits per heavy atom. The first-order valence-corrected chi connectivity index (χ1v) is 12.4. The van der Waals surface area contributed by atoms with Gasteiger partial charge in [-0.05, 0) is 37.5 Å². The van der Waals surface area contributed by atoms with Crippen molar-refractivity contribution in [2.45, 2.75) is 57.5 Å². The number of nitrogens with one attached hydrogen (secondary N) is 3. The minimum absolute atomic E-state index is 0.170. The molecule has 10 nitrogen and oxygen atoms in total. The van der Waals surface area contributed by atoms with E-state index in [-0.39, 0.29) is 5.91 Å². The molecule has 4 rings (SSSR count). The standard InChI is InChI=1S/C25H36N8O2/c1-5-18-15-32(16-29-27-3)21-14-28-25(31-23(21)33(18)19-9-7-6-8-10-19)30-20-12-11-17(24(34)26-2)13-22(20)35-4/h11-14,16,18-19,27H,5-10,15H2,1-4H3,(H,26,34)(H,28,30,31)/b29-16-. The van der Waals surface area contributed by atoms with Crippen LogP contribution in [0.3, 0.4) is 0 Å². The summed E-state index contributed by atoms with van der Waals surface area (Å²) in [7, 11) is 4.98. The molecule has 2 aliphatic rings. The van der Waals surface area contributed by atoms with Gasteiger partial charge >= 0.3 is 0 Å². The molecule has 0 saturated heterocycles. The average molecular weight is 481 g/mol. The molecule has 3 N–H and O–H groups in total. The number of aromatic nitrogens is 2. The number of methoxy groups -OCH3 is 1. The first kappa shape index (κ1) is 24.6. The van der Waals surface area contributed by atoms with E-state index in [2.05, 4.69) is 42.9 Å². The van der Waals surface area contributed by atoms with Crippen LogP contribution >= 0.6 is 0 Å². The maximum atomic E-state index is 12.0. The summed E-state index contributed by atoms with van der Waals surface area (Å²) in [6, 6.07) is 6.07. The number of hydrogen-bond donors (Lipinski definition) is 3. The second-order valence-electron chi connectivity index (χ2n) is 8.90. The van der Waals surface area contributed by atoms with Crippen molar-refractivity contribution in [1.29, 1.82) is 0 Å². The average Bonchev–Trinajstić information content (AvgIpc) is 2.91. The SMILES string of the molecule is CCC1CN(/C=N\NC)c2cnc(Nc3ccc(C(=O)NC)cc3OC)nc2N1C1CCCCC1. The summed E-state index contributed by atoms with van der Waals surface area (Å²) in [5.41, 5.74) is 5.01. The van der Waals surface area contributed by atoms with Gasteiger partial charge in [-0.3, -0.25) is 4.79 Å². The summed E-state index contributed by atoms with van der Waals surface area (Å²) in [5, 5.41) is 10.2. The van der Waals surface area contributed by atoms with E-state index >= 15 is 0 Å². The fraction of sp³-hybridized carbons (Fsp3) is 0.520. The van der Waals surface area contributed by atoms with Crippen LogP contribution < -0.4 is 30.6 Å². The molecule has 10 heteroatoms. The first-order chi connectivity index (χ1) is 17.1. The fourth-order valence-corrected chi connectivity index (χ4v) is 5.00. The Morgan fingerprint density at radius 2 is 2.06 bits per heavy atom. The van der Waals surface area contributed by atoms with Crippen LogP contribution in [0.4, 0.5) is 23.1 Å². The van der Waals surface area contributed by atoms with Gasteiger partial charge in [-0.15, -0.1) is 0 Å². The molecule has 0 spiro atoms. The van der Waals surface area contributed by atoms with Gasteiger partial charge in [0, 0.05) is 38.3 Å². The highest BCUT2D eigenvalue weighted by molar-refractivity contribution is 5.95. The van der Waals surface area contributed by atoms with Gasteiger partial charge in [0.1, 0.15) is 17.8 Å². The second-order valence-corrected chi connectivity index (χ2v) is 8.90. The molecule has 2 heterocycles. The largest absolute Gasteiger partial charge is 0.495 e. The van der Waals surface area contributed by atoms with Crippen LogP contribution in [0, 0.1) is 0 Å². The van der Waals surface area contributed by atoms with Crippen LogP contribution in [0.1, 0.15) is 55.8 Å². The number of hydrogen-bond acceptors (Lipinski definition) is 8. The van der Waals surface area contributed by atoms with Crippen LogP contribution in [-0.2, 0) is 0 Å². The molecule has 1 amide bonds. The molecule has 35 heavy (non-hydrogen) atoms. The fourth-order valence-electron chi connectivity index (χ4n) is 5.00. The number of anilines is 4. The van der Waals surface area contributed by atoms with E-state index in [1.54, 1.807) is 33.3 Å². The summed E-state index contributed by atoms with van der Waals surface area (Å²) < 4.78 is 5.54. The van der Waals surface area contributed by atoms with Gasteiger partial charge in [-0.2, -0.15) is 10.1 Å². The molecule has 0 radical (unpaired) electrons. The van der Waals surface area contributed by atoms with E-state index in [9.17, 15) is 4.79 Å². The van der Waals surface area contributed by atoms with Gasteiger partial charge in [0.2, 0.25) is 5.95 Å². The van der Waals surface area contributed by atoms with Crippen molar-refractivity contribution in [3.05, 3.63) is 30.0 Å². The number of rotatable bonds is 8. The van der Waals surface area contributed by atoms with Crippen LogP contribution in [-0.4, -0.2) is 62.0 Å². The highest BCUT2D eigenvalue weighted by Gasteiger charge is 2.36. The topological polar surface area (TPSA) is 107 Å². The molecule has 0 bridgehead atoms. The Hall–Kier alpha value is -3.56. The molecular formula is C25H36N8O2. The van der Waals surface area contributed by atoms with E-state index < -0.39 is 0 Å². The van der Waals surface area contributed by atoms with Crippen molar-refractivity contribution in [1.82, 2.24) is 20.7 Å². The molecule has 188 valence electrons. The summed E-state index contributed by atoms with van der Waals surface area (Å²) in [4.78, 5) is 26.3. The van der Waals surface area contributed by atoms with Gasteiger partial charge in [0.15, 0.2) is 5.82 Å². The third kappa shape index (κ3) is 5.26. The number of carbonyl (C=O) groups excluding carboxylic acids is 1. The quantitative estimate of drug-likeness (QED) is 0.299. The lowest BCUT2D eigenvalue weighted by molar-refractivity contribution is 0.0963. The predicted octanol–water partition coefficient (Wildman–Crippen LogP) is 3.49. The Kier molecular flexibility index (Phi) is 7.89. The molecule has 1 unspecified atom stereocenters. The van der Waals surface area contributed by atoms with E-state index in [1.807, 2.05) is 18.6 Å². The number of carbonyl (C=O) groups is 1. The van der Waals surface area contributed by atoms with E-state index in [1.165, 1.54) is 32.1 Å². The Labute approximate surface area is 207 Å². The molecule has 1 aromatic carbocycles. The van der Waals surface area contributed by atoms with Crippen LogP contribution in [0.25, 0.3) is 0 Å². The molecule has 1 saturated carbocycles. The second kappa shape index (κ2) is 11.2. The molecule has 2 aromatic rings. The molecule has 1 aromatic heterocycles. The first-order valence-electron chi connectivity index (χ1n) is 12.4. The lowest BCUT2D eigenvalue weighted by Crippen LogP contribution is -2.53. The minimum atomic E-state index is -0.170. The predicted molar refractivity (Wildman–Crippen MR) is 140 cm³/mol. The number of benzene rings is 1. The third-order valence-electron chi connectivity index (χ3n) is 6.81. The van der Waals surface area contributed by atoms with Crippen molar-refractivity contribution in [3.8, 4) is 5.75 Å². The number of amides is 1. The third-order valence-corrected chi connectivity index (χ3v) is 6.81. The number of ether oxygens (including phenoxy) is 1. The zero-order valence-corrected chi connectivity index (χ0v) is 21.0. The lowest BCUT2D eigenvalue weighted by Gasteiger charge is -2.46. The smallest absolute Gasteiger partial charge is 0.251 e. The lowest BCUT2D eigenvalue weighted by atomic mass is 9.91.